The Bertz CT molecular complexity index is 940. The van der Waals surface area contributed by atoms with Crippen LogP contribution in [0.25, 0.3) is 5.95 Å². The van der Waals surface area contributed by atoms with Crippen LogP contribution in [0.4, 0.5) is 5.82 Å². The number of nitrogens with one attached hydrogen (secondary N) is 2. The van der Waals surface area contributed by atoms with Gasteiger partial charge in [-0.15, -0.1) is 0 Å². The van der Waals surface area contributed by atoms with E-state index in [4.69, 9.17) is 0 Å². The third-order valence-electron chi connectivity index (χ3n) is 4.79. The molecule has 3 aromatic heterocycles. The van der Waals surface area contributed by atoms with E-state index in [1.165, 1.54) is 0 Å². The Balaban J connectivity index is 1.57. The third-order valence-corrected chi connectivity index (χ3v) is 4.79. The molecule has 0 bridgehead atoms. The van der Waals surface area contributed by atoms with E-state index < -0.39 is 0 Å². The molecule has 4 rings (SSSR count). The molecule has 1 fully saturated rings. The fourth-order valence-corrected chi connectivity index (χ4v) is 3.23. The van der Waals surface area contributed by atoms with Crippen molar-refractivity contribution in [2.75, 3.05) is 18.4 Å². The minimum Gasteiger partial charge on any atom is -0.315 e. The number of aromatic nitrogens is 6. The number of carbonyl (C=O) groups is 1. The Morgan fingerprint density at radius 1 is 1.29 bits per heavy atom. The average Bonchev–Trinajstić information content (AvgIpc) is 3.37. The lowest BCUT2D eigenvalue weighted by atomic mass is 10.1. The summed E-state index contributed by atoms with van der Waals surface area (Å²) in [4.78, 5) is 21.3. The normalized spacial score (nSPS) is 17.0. The van der Waals surface area contributed by atoms with E-state index in [0.717, 1.165) is 31.6 Å². The maximum Gasteiger partial charge on any atom is 0.277 e. The molecule has 0 aromatic carbocycles. The van der Waals surface area contributed by atoms with E-state index >= 15 is 0 Å². The van der Waals surface area contributed by atoms with Gasteiger partial charge in [-0.25, -0.2) is 9.97 Å². The highest BCUT2D eigenvalue weighted by molar-refractivity contribution is 6.02. The number of piperidine rings is 1. The summed E-state index contributed by atoms with van der Waals surface area (Å²) in [5.74, 6) is 0.853. The summed E-state index contributed by atoms with van der Waals surface area (Å²) in [5.41, 5.74) is 1.22. The minimum atomic E-state index is -0.282. The van der Waals surface area contributed by atoms with Gasteiger partial charge >= 0.3 is 0 Å². The van der Waals surface area contributed by atoms with Crippen LogP contribution in [0, 0.1) is 0 Å². The fraction of sp³-hybridized carbons (Fsp3) is 0.421. The smallest absolute Gasteiger partial charge is 0.277 e. The summed E-state index contributed by atoms with van der Waals surface area (Å²) in [5, 5.41) is 15.3. The number of rotatable bonds is 5. The predicted octanol–water partition coefficient (Wildman–Crippen LogP) is 2.16. The molecule has 0 aliphatic carbocycles. The standard InChI is InChI=1S/C19H24N8O/c1-13(2)16-11-17(27(25-16)19-21-8-4-9-22-19)23-18(28)15-6-10-26(24-15)14-5-3-7-20-12-14/h4,6,8-11,13-14,20H,3,5,7,12H2,1-2H3,(H,23,28). The van der Waals surface area contributed by atoms with Gasteiger partial charge in [0.05, 0.1) is 11.7 Å². The Kier molecular flexibility index (Phi) is 5.16. The van der Waals surface area contributed by atoms with Crippen molar-refractivity contribution in [3.63, 3.8) is 0 Å². The van der Waals surface area contributed by atoms with Crippen molar-refractivity contribution >= 4 is 11.7 Å². The molecule has 4 heterocycles. The molecular weight excluding hydrogens is 356 g/mol. The summed E-state index contributed by atoms with van der Waals surface area (Å²) in [6.07, 6.45) is 7.32. The van der Waals surface area contributed by atoms with E-state index in [2.05, 4.69) is 30.8 Å². The van der Waals surface area contributed by atoms with Gasteiger partial charge in [-0.05, 0) is 37.4 Å². The van der Waals surface area contributed by atoms with Gasteiger partial charge in [0.25, 0.3) is 11.9 Å². The first-order chi connectivity index (χ1) is 13.6. The molecule has 1 saturated heterocycles. The Morgan fingerprint density at radius 3 is 2.82 bits per heavy atom. The van der Waals surface area contributed by atoms with Gasteiger partial charge in [-0.3, -0.25) is 9.48 Å². The monoisotopic (exact) mass is 380 g/mol. The van der Waals surface area contributed by atoms with E-state index in [-0.39, 0.29) is 17.9 Å². The van der Waals surface area contributed by atoms with E-state index in [1.807, 2.05) is 30.8 Å². The number of hydrogen-bond acceptors (Lipinski definition) is 6. The van der Waals surface area contributed by atoms with E-state index in [9.17, 15) is 4.79 Å². The largest absolute Gasteiger partial charge is 0.315 e. The van der Waals surface area contributed by atoms with Gasteiger partial charge in [0.1, 0.15) is 5.82 Å². The second kappa shape index (κ2) is 7.89. The molecule has 0 radical (unpaired) electrons. The molecule has 2 N–H and O–H groups in total. The summed E-state index contributed by atoms with van der Waals surface area (Å²) >= 11 is 0. The summed E-state index contributed by atoms with van der Waals surface area (Å²) in [6.45, 7) is 6.00. The second-order valence-corrected chi connectivity index (χ2v) is 7.21. The van der Waals surface area contributed by atoms with Crippen LogP contribution in [-0.2, 0) is 0 Å². The van der Waals surface area contributed by atoms with Gasteiger partial charge in [0, 0.05) is 31.2 Å². The zero-order chi connectivity index (χ0) is 19.5. The average molecular weight is 380 g/mol. The van der Waals surface area contributed by atoms with Crippen LogP contribution >= 0.6 is 0 Å². The van der Waals surface area contributed by atoms with Crippen molar-refractivity contribution in [1.29, 1.82) is 0 Å². The topological polar surface area (TPSA) is 103 Å². The highest BCUT2D eigenvalue weighted by atomic mass is 16.2. The van der Waals surface area contributed by atoms with Crippen LogP contribution in [0.5, 0.6) is 0 Å². The van der Waals surface area contributed by atoms with E-state index in [1.54, 1.807) is 29.2 Å². The highest BCUT2D eigenvalue weighted by Gasteiger charge is 2.20. The SMILES string of the molecule is CC(C)c1cc(NC(=O)c2ccn(C3CCCNC3)n2)n(-c2ncccn2)n1. The summed E-state index contributed by atoms with van der Waals surface area (Å²) in [6, 6.07) is 5.61. The minimum absolute atomic E-state index is 0.207. The number of anilines is 1. The van der Waals surface area contributed by atoms with Crippen molar-refractivity contribution in [3.05, 3.63) is 48.2 Å². The molecule has 1 amide bonds. The molecule has 28 heavy (non-hydrogen) atoms. The molecule has 3 aromatic rings. The van der Waals surface area contributed by atoms with Crippen molar-refractivity contribution < 1.29 is 4.79 Å². The summed E-state index contributed by atoms with van der Waals surface area (Å²) in [7, 11) is 0. The van der Waals surface area contributed by atoms with Crippen LogP contribution in [0.1, 0.15) is 54.8 Å². The lowest BCUT2D eigenvalue weighted by Gasteiger charge is -2.22. The highest BCUT2D eigenvalue weighted by Crippen LogP contribution is 2.21. The van der Waals surface area contributed by atoms with Crippen molar-refractivity contribution in [2.24, 2.45) is 0 Å². The van der Waals surface area contributed by atoms with Gasteiger partial charge in [-0.1, -0.05) is 13.8 Å². The molecule has 9 heteroatoms. The lowest BCUT2D eigenvalue weighted by molar-refractivity contribution is 0.102. The molecular formula is C19H24N8O. The van der Waals surface area contributed by atoms with Gasteiger partial charge in [0.2, 0.25) is 0 Å². The van der Waals surface area contributed by atoms with Crippen molar-refractivity contribution in [1.82, 2.24) is 34.8 Å². The first-order valence-corrected chi connectivity index (χ1v) is 9.56. The molecule has 0 saturated carbocycles. The second-order valence-electron chi connectivity index (χ2n) is 7.21. The Labute approximate surface area is 163 Å². The molecule has 1 atom stereocenters. The number of hydrogen-bond donors (Lipinski definition) is 2. The molecule has 0 spiro atoms. The Hall–Kier alpha value is -3.07. The lowest BCUT2D eigenvalue weighted by Crippen LogP contribution is -2.32. The molecule has 1 unspecified atom stereocenters. The zero-order valence-electron chi connectivity index (χ0n) is 16.0. The van der Waals surface area contributed by atoms with Crippen molar-refractivity contribution in [3.8, 4) is 5.95 Å². The number of carbonyl (C=O) groups excluding carboxylic acids is 1. The number of amides is 1. The quantitative estimate of drug-likeness (QED) is 0.703. The predicted molar refractivity (Wildman–Crippen MR) is 105 cm³/mol. The molecule has 146 valence electrons. The van der Waals surface area contributed by atoms with Gasteiger partial charge < -0.3 is 10.6 Å². The van der Waals surface area contributed by atoms with Crippen LogP contribution in [0.3, 0.4) is 0 Å². The van der Waals surface area contributed by atoms with Crippen molar-refractivity contribution in [2.45, 2.75) is 38.6 Å². The fourth-order valence-electron chi connectivity index (χ4n) is 3.23. The van der Waals surface area contributed by atoms with Gasteiger partial charge in [-0.2, -0.15) is 14.9 Å². The maximum absolute atomic E-state index is 12.8. The molecule has 1 aliphatic rings. The maximum atomic E-state index is 12.8. The van der Waals surface area contributed by atoms with E-state index in [0.29, 0.717) is 17.5 Å². The van der Waals surface area contributed by atoms with Crippen LogP contribution in [-0.4, -0.2) is 48.5 Å². The van der Waals surface area contributed by atoms with Gasteiger partial charge in [0.15, 0.2) is 5.69 Å². The molecule has 1 aliphatic heterocycles. The van der Waals surface area contributed by atoms with Crippen LogP contribution in [0.15, 0.2) is 36.8 Å². The van der Waals surface area contributed by atoms with Crippen LogP contribution in [0.2, 0.25) is 0 Å². The first kappa shape index (κ1) is 18.3. The van der Waals surface area contributed by atoms with Crippen LogP contribution < -0.4 is 10.6 Å². The zero-order valence-corrected chi connectivity index (χ0v) is 16.0. The first-order valence-electron chi connectivity index (χ1n) is 9.56. The Morgan fingerprint density at radius 2 is 2.11 bits per heavy atom. The molecule has 9 nitrogen and oxygen atoms in total. The third kappa shape index (κ3) is 3.79. The number of nitrogens with zero attached hydrogens (tertiary/aromatic N) is 6. The summed E-state index contributed by atoms with van der Waals surface area (Å²) < 4.78 is 3.42.